The molecule has 2 aromatic carbocycles. The minimum Gasteiger partial charge on any atom is -0.489 e. The SMILES string of the molecule is CCc1cccc(OCc2cc3ccccc3nc2N)c1. The number of benzene rings is 2. The number of pyridine rings is 1. The Bertz CT molecular complexity index is 768. The zero-order chi connectivity index (χ0) is 14.7. The van der Waals surface area contributed by atoms with E-state index in [1.54, 1.807) is 0 Å². The molecule has 0 bridgehead atoms. The van der Waals surface area contributed by atoms with E-state index in [0.29, 0.717) is 12.4 Å². The molecule has 3 heteroatoms. The van der Waals surface area contributed by atoms with Crippen molar-refractivity contribution in [3.8, 4) is 5.75 Å². The van der Waals surface area contributed by atoms with E-state index in [0.717, 1.165) is 28.6 Å². The number of fused-ring (bicyclic) bond motifs is 1. The van der Waals surface area contributed by atoms with E-state index in [9.17, 15) is 0 Å². The van der Waals surface area contributed by atoms with Crippen LogP contribution in [0.1, 0.15) is 18.1 Å². The molecule has 0 aliphatic heterocycles. The van der Waals surface area contributed by atoms with Crippen LogP contribution in [0, 0.1) is 0 Å². The number of aromatic nitrogens is 1. The molecule has 3 nitrogen and oxygen atoms in total. The number of nitrogen functional groups attached to an aromatic ring is 1. The molecule has 1 aromatic heterocycles. The van der Waals surface area contributed by atoms with Gasteiger partial charge in [0, 0.05) is 10.9 Å². The third-order valence-corrected chi connectivity index (χ3v) is 3.54. The summed E-state index contributed by atoms with van der Waals surface area (Å²) in [4.78, 5) is 4.42. The van der Waals surface area contributed by atoms with Gasteiger partial charge in [0.2, 0.25) is 0 Å². The highest BCUT2D eigenvalue weighted by molar-refractivity contribution is 5.81. The minimum absolute atomic E-state index is 0.427. The van der Waals surface area contributed by atoms with E-state index in [2.05, 4.69) is 24.0 Å². The highest BCUT2D eigenvalue weighted by atomic mass is 16.5. The molecule has 1 heterocycles. The molecule has 0 spiro atoms. The Morgan fingerprint density at radius 3 is 2.76 bits per heavy atom. The van der Waals surface area contributed by atoms with Crippen molar-refractivity contribution < 1.29 is 4.74 Å². The maximum atomic E-state index is 6.02. The normalized spacial score (nSPS) is 10.7. The first kappa shape index (κ1) is 13.4. The van der Waals surface area contributed by atoms with E-state index in [-0.39, 0.29) is 0 Å². The number of nitrogens with two attached hydrogens (primary N) is 1. The Hall–Kier alpha value is -2.55. The molecule has 21 heavy (non-hydrogen) atoms. The molecule has 0 atom stereocenters. The van der Waals surface area contributed by atoms with Gasteiger partial charge in [-0.15, -0.1) is 0 Å². The van der Waals surface area contributed by atoms with Crippen molar-refractivity contribution in [3.05, 3.63) is 65.7 Å². The van der Waals surface area contributed by atoms with E-state index >= 15 is 0 Å². The molecule has 0 aliphatic carbocycles. The number of hydrogen-bond donors (Lipinski definition) is 1. The van der Waals surface area contributed by atoms with E-state index < -0.39 is 0 Å². The second-order valence-corrected chi connectivity index (χ2v) is 5.02. The van der Waals surface area contributed by atoms with Crippen LogP contribution in [-0.4, -0.2) is 4.98 Å². The van der Waals surface area contributed by atoms with Gasteiger partial charge in [0.25, 0.3) is 0 Å². The lowest BCUT2D eigenvalue weighted by Crippen LogP contribution is -2.03. The minimum atomic E-state index is 0.427. The van der Waals surface area contributed by atoms with Gasteiger partial charge in [0.1, 0.15) is 18.2 Å². The Morgan fingerprint density at radius 2 is 1.90 bits per heavy atom. The summed E-state index contributed by atoms with van der Waals surface area (Å²) in [5, 5.41) is 1.08. The molecule has 3 rings (SSSR count). The van der Waals surface area contributed by atoms with Crippen LogP contribution in [0.4, 0.5) is 5.82 Å². The Labute approximate surface area is 124 Å². The lowest BCUT2D eigenvalue weighted by Gasteiger charge is -2.10. The van der Waals surface area contributed by atoms with Crippen LogP contribution in [0.25, 0.3) is 10.9 Å². The van der Waals surface area contributed by atoms with Crippen molar-refractivity contribution in [2.45, 2.75) is 20.0 Å². The summed E-state index contributed by atoms with van der Waals surface area (Å²) in [7, 11) is 0. The topological polar surface area (TPSA) is 48.1 Å². The summed E-state index contributed by atoms with van der Waals surface area (Å²) in [6.07, 6.45) is 0.997. The molecule has 0 saturated carbocycles. The van der Waals surface area contributed by atoms with Gasteiger partial charge in [-0.1, -0.05) is 37.3 Å². The molecular weight excluding hydrogens is 260 g/mol. The number of rotatable bonds is 4. The van der Waals surface area contributed by atoms with Gasteiger partial charge in [0.15, 0.2) is 0 Å². The fourth-order valence-corrected chi connectivity index (χ4v) is 2.31. The molecule has 0 saturated heterocycles. The van der Waals surface area contributed by atoms with Gasteiger partial charge in [-0.3, -0.25) is 0 Å². The number of hydrogen-bond acceptors (Lipinski definition) is 3. The zero-order valence-corrected chi connectivity index (χ0v) is 12.0. The van der Waals surface area contributed by atoms with Crippen molar-refractivity contribution >= 4 is 16.7 Å². The summed E-state index contributed by atoms with van der Waals surface area (Å²) >= 11 is 0. The maximum Gasteiger partial charge on any atom is 0.130 e. The van der Waals surface area contributed by atoms with Crippen LogP contribution in [0.2, 0.25) is 0 Å². The highest BCUT2D eigenvalue weighted by Gasteiger charge is 2.05. The molecule has 0 aliphatic rings. The first-order valence-corrected chi connectivity index (χ1v) is 7.12. The smallest absolute Gasteiger partial charge is 0.130 e. The van der Waals surface area contributed by atoms with Crippen LogP contribution in [-0.2, 0) is 13.0 Å². The predicted octanol–water partition coefficient (Wildman–Crippen LogP) is 3.96. The molecule has 0 unspecified atom stereocenters. The molecule has 0 fully saturated rings. The number of aryl methyl sites for hydroxylation is 1. The lowest BCUT2D eigenvalue weighted by molar-refractivity contribution is 0.306. The first-order chi connectivity index (χ1) is 10.3. The first-order valence-electron chi connectivity index (χ1n) is 7.12. The summed E-state index contributed by atoms with van der Waals surface area (Å²) < 4.78 is 5.84. The Morgan fingerprint density at radius 1 is 1.05 bits per heavy atom. The second-order valence-electron chi connectivity index (χ2n) is 5.02. The van der Waals surface area contributed by atoms with Crippen LogP contribution in [0.5, 0.6) is 5.75 Å². The third kappa shape index (κ3) is 2.97. The zero-order valence-electron chi connectivity index (χ0n) is 12.0. The van der Waals surface area contributed by atoms with E-state index in [4.69, 9.17) is 10.5 Å². The van der Waals surface area contributed by atoms with Crippen molar-refractivity contribution in [1.29, 1.82) is 0 Å². The molecule has 106 valence electrons. The average molecular weight is 278 g/mol. The van der Waals surface area contributed by atoms with Crippen molar-refractivity contribution in [1.82, 2.24) is 4.98 Å². The summed E-state index contributed by atoms with van der Waals surface area (Å²) in [5.74, 6) is 1.39. The van der Waals surface area contributed by atoms with Gasteiger partial charge in [0.05, 0.1) is 5.52 Å². The molecule has 0 radical (unpaired) electrons. The highest BCUT2D eigenvalue weighted by Crippen LogP contribution is 2.21. The number of anilines is 1. The molecular formula is C18H18N2O. The second kappa shape index (κ2) is 5.83. The fraction of sp³-hybridized carbons (Fsp3) is 0.167. The van der Waals surface area contributed by atoms with Gasteiger partial charge >= 0.3 is 0 Å². The summed E-state index contributed by atoms with van der Waals surface area (Å²) in [6, 6.07) is 18.1. The number of ether oxygens (including phenoxy) is 1. The van der Waals surface area contributed by atoms with E-state index in [1.165, 1.54) is 5.56 Å². The Kier molecular flexibility index (Phi) is 3.73. The fourth-order valence-electron chi connectivity index (χ4n) is 2.31. The summed E-state index contributed by atoms with van der Waals surface area (Å²) in [5.41, 5.74) is 9.10. The van der Waals surface area contributed by atoms with Crippen molar-refractivity contribution in [2.75, 3.05) is 5.73 Å². The number of nitrogens with zero attached hydrogens (tertiary/aromatic N) is 1. The van der Waals surface area contributed by atoms with Gasteiger partial charge in [-0.25, -0.2) is 4.98 Å². The summed E-state index contributed by atoms with van der Waals surface area (Å²) in [6.45, 7) is 2.56. The quantitative estimate of drug-likeness (QED) is 0.786. The third-order valence-electron chi connectivity index (χ3n) is 3.54. The van der Waals surface area contributed by atoms with Crippen LogP contribution < -0.4 is 10.5 Å². The van der Waals surface area contributed by atoms with Crippen molar-refractivity contribution in [2.24, 2.45) is 0 Å². The van der Waals surface area contributed by atoms with Gasteiger partial charge < -0.3 is 10.5 Å². The Balaban J connectivity index is 1.82. The van der Waals surface area contributed by atoms with Gasteiger partial charge in [-0.05, 0) is 36.2 Å². The lowest BCUT2D eigenvalue weighted by atomic mass is 10.1. The van der Waals surface area contributed by atoms with Crippen LogP contribution in [0.3, 0.4) is 0 Å². The van der Waals surface area contributed by atoms with Crippen LogP contribution >= 0.6 is 0 Å². The number of para-hydroxylation sites is 1. The largest absolute Gasteiger partial charge is 0.489 e. The van der Waals surface area contributed by atoms with Crippen LogP contribution in [0.15, 0.2) is 54.6 Å². The molecule has 0 amide bonds. The molecule has 2 N–H and O–H groups in total. The average Bonchev–Trinajstić information content (AvgIpc) is 2.53. The standard InChI is InChI=1S/C18H18N2O/c1-2-13-6-5-8-16(10-13)21-12-15-11-14-7-3-4-9-17(14)20-18(15)19/h3-11H,2,12H2,1H3,(H2,19,20). The van der Waals surface area contributed by atoms with E-state index in [1.807, 2.05) is 42.5 Å². The van der Waals surface area contributed by atoms with Crippen molar-refractivity contribution in [3.63, 3.8) is 0 Å². The predicted molar refractivity (Wildman–Crippen MR) is 86.3 cm³/mol. The molecule has 3 aromatic rings. The monoisotopic (exact) mass is 278 g/mol. The maximum absolute atomic E-state index is 6.02. The van der Waals surface area contributed by atoms with Gasteiger partial charge in [-0.2, -0.15) is 0 Å².